The van der Waals surface area contributed by atoms with Crippen molar-refractivity contribution in [3.63, 3.8) is 0 Å². The molecule has 1 aliphatic rings. The molecule has 0 radical (unpaired) electrons. The highest BCUT2D eigenvalue weighted by Gasteiger charge is 2.36. The summed E-state index contributed by atoms with van der Waals surface area (Å²) >= 11 is 3.61. The van der Waals surface area contributed by atoms with E-state index in [4.69, 9.17) is 4.74 Å². The third-order valence-corrected chi connectivity index (χ3v) is 4.96. The van der Waals surface area contributed by atoms with E-state index in [2.05, 4.69) is 54.0 Å². The Bertz CT molecular complexity index is 363. The minimum absolute atomic E-state index is 0.397. The van der Waals surface area contributed by atoms with Gasteiger partial charge in [0.05, 0.1) is 6.61 Å². The molecule has 1 aliphatic carbocycles. The first-order valence-corrected chi connectivity index (χ1v) is 7.56. The monoisotopic (exact) mass is 296 g/mol. The Kier molecular flexibility index (Phi) is 4.13. The summed E-state index contributed by atoms with van der Waals surface area (Å²) in [6.07, 6.45) is 3.94. The molecule has 0 spiro atoms. The molecule has 0 unspecified atom stereocenters. The van der Waals surface area contributed by atoms with Gasteiger partial charge in [0.25, 0.3) is 0 Å². The van der Waals surface area contributed by atoms with Crippen LogP contribution in [-0.4, -0.2) is 11.9 Å². The molecular formula is C15H21BrO. The number of benzene rings is 1. The molecule has 0 saturated heterocycles. The van der Waals surface area contributed by atoms with Gasteiger partial charge in [0, 0.05) is 10.7 Å². The fraction of sp³-hybridized carbons (Fsp3) is 0.600. The second kappa shape index (κ2) is 5.43. The lowest BCUT2D eigenvalue weighted by atomic mass is 9.71. The maximum atomic E-state index is 5.96. The summed E-state index contributed by atoms with van der Waals surface area (Å²) in [7, 11) is 0. The number of alkyl halides is 1. The van der Waals surface area contributed by atoms with Gasteiger partial charge in [-0.1, -0.05) is 48.3 Å². The molecule has 2 rings (SSSR count). The van der Waals surface area contributed by atoms with Gasteiger partial charge in [-0.3, -0.25) is 0 Å². The van der Waals surface area contributed by atoms with Gasteiger partial charge < -0.3 is 4.74 Å². The molecular weight excluding hydrogens is 276 g/mol. The van der Waals surface area contributed by atoms with Gasteiger partial charge in [-0.25, -0.2) is 0 Å². The molecule has 1 aromatic carbocycles. The molecule has 2 heteroatoms. The van der Waals surface area contributed by atoms with Crippen LogP contribution in [0.5, 0.6) is 5.75 Å². The predicted molar refractivity (Wildman–Crippen MR) is 76.1 cm³/mol. The normalized spacial score (nSPS) is 17.9. The van der Waals surface area contributed by atoms with Crippen molar-refractivity contribution in [1.29, 1.82) is 0 Å². The van der Waals surface area contributed by atoms with Crippen LogP contribution in [0, 0.1) is 5.41 Å². The largest absolute Gasteiger partial charge is 0.493 e. The highest BCUT2D eigenvalue weighted by atomic mass is 79.9. The second-order valence-corrected chi connectivity index (χ2v) is 6.06. The van der Waals surface area contributed by atoms with E-state index in [1.54, 1.807) is 0 Å². The van der Waals surface area contributed by atoms with Crippen LogP contribution in [0.1, 0.15) is 44.6 Å². The van der Waals surface area contributed by atoms with Gasteiger partial charge in [0.2, 0.25) is 0 Å². The van der Waals surface area contributed by atoms with E-state index >= 15 is 0 Å². The summed E-state index contributed by atoms with van der Waals surface area (Å²) < 4.78 is 5.96. The van der Waals surface area contributed by atoms with Gasteiger partial charge in [-0.15, -0.1) is 0 Å². The van der Waals surface area contributed by atoms with E-state index in [1.807, 2.05) is 0 Å². The fourth-order valence-corrected chi connectivity index (χ4v) is 2.92. The Hall–Kier alpha value is -0.500. The zero-order valence-electron chi connectivity index (χ0n) is 10.7. The van der Waals surface area contributed by atoms with E-state index in [9.17, 15) is 0 Å². The number of rotatable bonds is 5. The SMILES string of the molecule is CC(C)c1cccc(OCC2(CBr)CCC2)c1. The number of halogens is 1. The van der Waals surface area contributed by atoms with E-state index in [-0.39, 0.29) is 0 Å². The molecule has 94 valence electrons. The summed E-state index contributed by atoms with van der Waals surface area (Å²) in [6, 6.07) is 8.49. The van der Waals surface area contributed by atoms with Crippen LogP contribution >= 0.6 is 15.9 Å². The Morgan fingerprint density at radius 1 is 1.35 bits per heavy atom. The molecule has 0 N–H and O–H groups in total. The van der Waals surface area contributed by atoms with Gasteiger partial charge in [-0.05, 0) is 36.5 Å². The summed E-state index contributed by atoms with van der Waals surface area (Å²) in [5.74, 6) is 1.58. The minimum Gasteiger partial charge on any atom is -0.493 e. The summed E-state index contributed by atoms with van der Waals surface area (Å²) in [6.45, 7) is 5.27. The number of hydrogen-bond donors (Lipinski definition) is 0. The maximum absolute atomic E-state index is 5.96. The van der Waals surface area contributed by atoms with Crippen molar-refractivity contribution in [1.82, 2.24) is 0 Å². The Morgan fingerprint density at radius 3 is 2.65 bits per heavy atom. The van der Waals surface area contributed by atoms with Gasteiger partial charge in [-0.2, -0.15) is 0 Å². The highest BCUT2D eigenvalue weighted by Crippen LogP contribution is 2.42. The Balaban J connectivity index is 1.96. The predicted octanol–water partition coefficient (Wildman–Crippen LogP) is 4.75. The van der Waals surface area contributed by atoms with Crippen molar-refractivity contribution in [2.24, 2.45) is 5.41 Å². The number of ether oxygens (including phenoxy) is 1. The molecule has 17 heavy (non-hydrogen) atoms. The van der Waals surface area contributed by atoms with Gasteiger partial charge >= 0.3 is 0 Å². The number of hydrogen-bond acceptors (Lipinski definition) is 1. The molecule has 0 amide bonds. The van der Waals surface area contributed by atoms with Crippen LogP contribution in [0.25, 0.3) is 0 Å². The average molecular weight is 297 g/mol. The molecule has 0 atom stereocenters. The third kappa shape index (κ3) is 3.04. The first-order chi connectivity index (χ1) is 8.15. The second-order valence-electron chi connectivity index (χ2n) is 5.50. The lowest BCUT2D eigenvalue weighted by molar-refractivity contribution is 0.0838. The molecule has 0 heterocycles. The van der Waals surface area contributed by atoms with Crippen molar-refractivity contribution in [3.05, 3.63) is 29.8 Å². The van der Waals surface area contributed by atoms with Crippen LogP contribution in [0.15, 0.2) is 24.3 Å². The van der Waals surface area contributed by atoms with Crippen LogP contribution in [0.4, 0.5) is 0 Å². The van der Waals surface area contributed by atoms with Crippen molar-refractivity contribution < 1.29 is 4.74 Å². The van der Waals surface area contributed by atoms with E-state index in [0.29, 0.717) is 11.3 Å². The molecule has 0 aliphatic heterocycles. The molecule has 1 aromatic rings. The first kappa shape index (κ1) is 12.9. The van der Waals surface area contributed by atoms with Gasteiger partial charge in [0.15, 0.2) is 0 Å². The average Bonchev–Trinajstić information content (AvgIpc) is 2.28. The topological polar surface area (TPSA) is 9.23 Å². The first-order valence-electron chi connectivity index (χ1n) is 6.44. The Morgan fingerprint density at radius 2 is 2.12 bits per heavy atom. The van der Waals surface area contributed by atoms with Crippen molar-refractivity contribution in [2.75, 3.05) is 11.9 Å². The van der Waals surface area contributed by atoms with Crippen LogP contribution in [0.3, 0.4) is 0 Å². The molecule has 1 fully saturated rings. The zero-order chi connectivity index (χ0) is 12.3. The van der Waals surface area contributed by atoms with E-state index in [1.165, 1.54) is 24.8 Å². The zero-order valence-corrected chi connectivity index (χ0v) is 12.3. The molecule has 1 nitrogen and oxygen atoms in total. The molecule has 1 saturated carbocycles. The van der Waals surface area contributed by atoms with Crippen molar-refractivity contribution in [3.8, 4) is 5.75 Å². The summed E-state index contributed by atoms with van der Waals surface area (Å²) in [5, 5.41) is 1.06. The Labute approximate surface area is 113 Å². The fourth-order valence-electron chi connectivity index (χ4n) is 2.19. The molecule has 0 aromatic heterocycles. The van der Waals surface area contributed by atoms with Crippen LogP contribution in [0.2, 0.25) is 0 Å². The van der Waals surface area contributed by atoms with Gasteiger partial charge in [0.1, 0.15) is 5.75 Å². The highest BCUT2D eigenvalue weighted by molar-refractivity contribution is 9.09. The minimum atomic E-state index is 0.397. The van der Waals surface area contributed by atoms with E-state index < -0.39 is 0 Å². The quantitative estimate of drug-likeness (QED) is 0.712. The van der Waals surface area contributed by atoms with Crippen molar-refractivity contribution in [2.45, 2.75) is 39.0 Å². The van der Waals surface area contributed by atoms with Crippen LogP contribution < -0.4 is 4.74 Å². The van der Waals surface area contributed by atoms with E-state index in [0.717, 1.165) is 17.7 Å². The standard InChI is InChI=1S/C15H21BrO/c1-12(2)13-5-3-6-14(9-13)17-11-15(10-16)7-4-8-15/h3,5-6,9,12H,4,7-8,10-11H2,1-2H3. The van der Waals surface area contributed by atoms with Crippen molar-refractivity contribution >= 4 is 15.9 Å². The summed E-state index contributed by atoms with van der Waals surface area (Å²) in [5.41, 5.74) is 1.75. The summed E-state index contributed by atoms with van der Waals surface area (Å²) in [4.78, 5) is 0. The maximum Gasteiger partial charge on any atom is 0.119 e. The lowest BCUT2D eigenvalue weighted by Crippen LogP contribution is -2.37. The third-order valence-electron chi connectivity index (χ3n) is 3.77. The smallest absolute Gasteiger partial charge is 0.119 e. The molecule has 0 bridgehead atoms. The lowest BCUT2D eigenvalue weighted by Gasteiger charge is -2.40. The van der Waals surface area contributed by atoms with Crippen LogP contribution in [-0.2, 0) is 0 Å².